The SMILES string of the molecule is Cc1cccc(OCCCNC(=O)Nc2cc3c(cc2Br)OCCO3)c1. The number of benzene rings is 2. The van der Waals surface area contributed by atoms with Gasteiger partial charge in [-0.05, 0) is 47.0 Å². The molecule has 1 heterocycles. The number of rotatable bonds is 6. The normalized spacial score (nSPS) is 12.4. The minimum absolute atomic E-state index is 0.280. The van der Waals surface area contributed by atoms with Crippen LogP contribution in [0.25, 0.3) is 0 Å². The molecule has 0 saturated carbocycles. The van der Waals surface area contributed by atoms with Gasteiger partial charge in [0, 0.05) is 23.2 Å². The smallest absolute Gasteiger partial charge is 0.319 e. The van der Waals surface area contributed by atoms with Crippen LogP contribution in [0.2, 0.25) is 0 Å². The van der Waals surface area contributed by atoms with Gasteiger partial charge in [-0.2, -0.15) is 0 Å². The average Bonchev–Trinajstić information content (AvgIpc) is 2.62. The van der Waals surface area contributed by atoms with Gasteiger partial charge in [0.1, 0.15) is 19.0 Å². The zero-order chi connectivity index (χ0) is 18.4. The average molecular weight is 421 g/mol. The highest BCUT2D eigenvalue weighted by molar-refractivity contribution is 9.10. The standard InChI is InChI=1S/C19H21BrN2O4/c1-13-4-2-5-14(10-13)24-7-3-6-21-19(23)22-16-12-18-17(11-15(16)20)25-8-9-26-18/h2,4-5,10-12H,3,6-9H2,1H3,(H2,21,22,23). The van der Waals surface area contributed by atoms with Crippen LogP contribution in [0.5, 0.6) is 17.2 Å². The van der Waals surface area contributed by atoms with E-state index in [-0.39, 0.29) is 6.03 Å². The Bertz CT molecular complexity index is 782. The van der Waals surface area contributed by atoms with E-state index in [0.717, 1.165) is 15.8 Å². The number of amides is 2. The number of urea groups is 1. The highest BCUT2D eigenvalue weighted by Gasteiger charge is 2.16. The van der Waals surface area contributed by atoms with Gasteiger partial charge in [0.2, 0.25) is 0 Å². The van der Waals surface area contributed by atoms with E-state index in [1.807, 2.05) is 31.2 Å². The Labute approximate surface area is 161 Å². The Kier molecular flexibility index (Phi) is 6.22. The Balaban J connectivity index is 1.41. The predicted octanol–water partition coefficient (Wildman–Crippen LogP) is 4.12. The van der Waals surface area contributed by atoms with E-state index in [4.69, 9.17) is 14.2 Å². The molecule has 2 aromatic carbocycles. The van der Waals surface area contributed by atoms with Crippen molar-refractivity contribution in [2.24, 2.45) is 0 Å². The highest BCUT2D eigenvalue weighted by Crippen LogP contribution is 2.38. The Morgan fingerprint density at radius 1 is 1.19 bits per heavy atom. The van der Waals surface area contributed by atoms with Crippen LogP contribution in [-0.4, -0.2) is 32.4 Å². The molecule has 0 aliphatic carbocycles. The molecule has 1 aliphatic rings. The number of hydrogen-bond acceptors (Lipinski definition) is 4. The molecule has 138 valence electrons. The molecule has 3 rings (SSSR count). The number of aryl methyl sites for hydroxylation is 1. The zero-order valence-electron chi connectivity index (χ0n) is 14.5. The topological polar surface area (TPSA) is 68.8 Å². The molecular formula is C19H21BrN2O4. The fraction of sp³-hybridized carbons (Fsp3) is 0.316. The number of carbonyl (C=O) groups excluding carboxylic acids is 1. The predicted molar refractivity (Wildman–Crippen MR) is 103 cm³/mol. The lowest BCUT2D eigenvalue weighted by Crippen LogP contribution is -2.30. The summed E-state index contributed by atoms with van der Waals surface area (Å²) in [6.45, 7) is 4.10. The molecule has 0 spiro atoms. The molecule has 0 unspecified atom stereocenters. The quantitative estimate of drug-likeness (QED) is 0.689. The van der Waals surface area contributed by atoms with Gasteiger partial charge in [0.05, 0.1) is 12.3 Å². The number of halogens is 1. The van der Waals surface area contributed by atoms with Crippen LogP contribution in [0.3, 0.4) is 0 Å². The van der Waals surface area contributed by atoms with Crippen molar-refractivity contribution in [3.05, 3.63) is 46.4 Å². The molecule has 6 nitrogen and oxygen atoms in total. The van der Waals surface area contributed by atoms with E-state index in [1.54, 1.807) is 12.1 Å². The molecule has 0 fully saturated rings. The van der Waals surface area contributed by atoms with Gasteiger partial charge >= 0.3 is 6.03 Å². The summed E-state index contributed by atoms with van der Waals surface area (Å²) in [5.74, 6) is 2.14. The number of ether oxygens (including phenoxy) is 3. The monoisotopic (exact) mass is 420 g/mol. The summed E-state index contributed by atoms with van der Waals surface area (Å²) in [6.07, 6.45) is 0.712. The summed E-state index contributed by atoms with van der Waals surface area (Å²) in [6, 6.07) is 11.2. The summed E-state index contributed by atoms with van der Waals surface area (Å²) in [5, 5.41) is 5.62. The van der Waals surface area contributed by atoms with Gasteiger partial charge in [0.15, 0.2) is 11.5 Å². The minimum atomic E-state index is -0.280. The van der Waals surface area contributed by atoms with Crippen LogP contribution in [0.1, 0.15) is 12.0 Å². The summed E-state index contributed by atoms with van der Waals surface area (Å²) >= 11 is 3.43. The maximum atomic E-state index is 12.1. The van der Waals surface area contributed by atoms with Crippen molar-refractivity contribution in [1.82, 2.24) is 5.32 Å². The molecule has 2 aromatic rings. The number of nitrogens with one attached hydrogen (secondary N) is 2. The molecule has 0 bridgehead atoms. The van der Waals surface area contributed by atoms with Crippen molar-refractivity contribution in [1.29, 1.82) is 0 Å². The van der Waals surface area contributed by atoms with Crippen molar-refractivity contribution < 1.29 is 19.0 Å². The molecule has 0 saturated heterocycles. The van der Waals surface area contributed by atoms with Crippen LogP contribution >= 0.6 is 15.9 Å². The molecule has 2 N–H and O–H groups in total. The van der Waals surface area contributed by atoms with Crippen molar-refractivity contribution >= 4 is 27.6 Å². The summed E-state index contributed by atoms with van der Waals surface area (Å²) < 4.78 is 17.4. The van der Waals surface area contributed by atoms with Crippen molar-refractivity contribution in [2.45, 2.75) is 13.3 Å². The summed E-state index contributed by atoms with van der Waals surface area (Å²) in [7, 11) is 0. The number of carbonyl (C=O) groups is 1. The highest BCUT2D eigenvalue weighted by atomic mass is 79.9. The van der Waals surface area contributed by atoms with E-state index < -0.39 is 0 Å². The molecule has 0 aromatic heterocycles. The van der Waals surface area contributed by atoms with Crippen LogP contribution in [0, 0.1) is 6.92 Å². The van der Waals surface area contributed by atoms with Gasteiger partial charge in [0.25, 0.3) is 0 Å². The molecular weight excluding hydrogens is 400 g/mol. The van der Waals surface area contributed by atoms with Gasteiger partial charge in [-0.3, -0.25) is 0 Å². The first-order valence-corrected chi connectivity index (χ1v) is 9.24. The third kappa shape index (κ3) is 5.05. The van der Waals surface area contributed by atoms with E-state index in [1.165, 1.54) is 0 Å². The second-order valence-electron chi connectivity index (χ2n) is 5.88. The maximum Gasteiger partial charge on any atom is 0.319 e. The first-order chi connectivity index (χ1) is 12.6. The maximum absolute atomic E-state index is 12.1. The fourth-order valence-corrected chi connectivity index (χ4v) is 2.92. The second kappa shape index (κ2) is 8.80. The van der Waals surface area contributed by atoms with E-state index in [2.05, 4.69) is 26.6 Å². The van der Waals surface area contributed by atoms with Crippen LogP contribution < -0.4 is 24.8 Å². The molecule has 2 amide bonds. The number of hydrogen-bond donors (Lipinski definition) is 2. The number of anilines is 1. The Morgan fingerprint density at radius 3 is 2.73 bits per heavy atom. The largest absolute Gasteiger partial charge is 0.494 e. The van der Waals surface area contributed by atoms with Crippen molar-refractivity contribution in [3.8, 4) is 17.2 Å². The lowest BCUT2D eigenvalue weighted by Gasteiger charge is -2.20. The van der Waals surface area contributed by atoms with Crippen LogP contribution in [0.15, 0.2) is 40.9 Å². The molecule has 26 heavy (non-hydrogen) atoms. The van der Waals surface area contributed by atoms with Crippen molar-refractivity contribution in [3.63, 3.8) is 0 Å². The molecule has 0 radical (unpaired) electrons. The lowest BCUT2D eigenvalue weighted by atomic mass is 10.2. The number of fused-ring (bicyclic) bond motifs is 1. The third-order valence-electron chi connectivity index (χ3n) is 3.75. The summed E-state index contributed by atoms with van der Waals surface area (Å²) in [4.78, 5) is 12.1. The van der Waals surface area contributed by atoms with Gasteiger partial charge < -0.3 is 24.8 Å². The Hall–Kier alpha value is -2.41. The first kappa shape index (κ1) is 18.4. The second-order valence-corrected chi connectivity index (χ2v) is 6.73. The zero-order valence-corrected chi connectivity index (χ0v) is 16.1. The van der Waals surface area contributed by atoms with Gasteiger partial charge in [-0.15, -0.1) is 0 Å². The molecule has 1 aliphatic heterocycles. The van der Waals surface area contributed by atoms with E-state index in [0.29, 0.717) is 50.0 Å². The van der Waals surface area contributed by atoms with Crippen LogP contribution in [0.4, 0.5) is 10.5 Å². The fourth-order valence-electron chi connectivity index (χ4n) is 2.50. The first-order valence-electron chi connectivity index (χ1n) is 8.45. The Morgan fingerprint density at radius 2 is 1.96 bits per heavy atom. The molecule has 0 atom stereocenters. The molecule has 7 heteroatoms. The van der Waals surface area contributed by atoms with Crippen LogP contribution in [-0.2, 0) is 0 Å². The van der Waals surface area contributed by atoms with E-state index in [9.17, 15) is 4.79 Å². The summed E-state index contributed by atoms with van der Waals surface area (Å²) in [5.41, 5.74) is 1.78. The van der Waals surface area contributed by atoms with E-state index >= 15 is 0 Å². The van der Waals surface area contributed by atoms with Gasteiger partial charge in [-0.25, -0.2) is 4.79 Å². The van der Waals surface area contributed by atoms with Gasteiger partial charge in [-0.1, -0.05) is 12.1 Å². The lowest BCUT2D eigenvalue weighted by molar-refractivity contribution is 0.171. The third-order valence-corrected chi connectivity index (χ3v) is 4.40. The van der Waals surface area contributed by atoms with Crippen molar-refractivity contribution in [2.75, 3.05) is 31.7 Å². The minimum Gasteiger partial charge on any atom is -0.494 e.